The summed E-state index contributed by atoms with van der Waals surface area (Å²) in [6, 6.07) is 0. The molecule has 13 heavy (non-hydrogen) atoms. The number of hydrogen-bond donors (Lipinski definition) is 0. The Kier molecular flexibility index (Phi) is 3.17. The minimum Gasteiger partial charge on any atom is -0.265 e. The summed E-state index contributed by atoms with van der Waals surface area (Å²) in [7, 11) is 0. The third-order valence-corrected chi connectivity index (χ3v) is 2.56. The highest BCUT2D eigenvalue weighted by Crippen LogP contribution is 2.37. The lowest BCUT2D eigenvalue weighted by atomic mass is 9.85. The summed E-state index contributed by atoms with van der Waals surface area (Å²) in [5.41, 5.74) is 0. The first-order chi connectivity index (χ1) is 5.99. The number of nitro groups is 1. The molecule has 5 heteroatoms. The van der Waals surface area contributed by atoms with Crippen LogP contribution >= 0.6 is 0 Å². The molecule has 0 atom stereocenters. The van der Waals surface area contributed by atoms with Crippen molar-refractivity contribution in [1.82, 2.24) is 0 Å². The quantitative estimate of drug-likeness (QED) is 0.510. The second kappa shape index (κ2) is 3.98. The van der Waals surface area contributed by atoms with Crippen molar-refractivity contribution < 1.29 is 13.7 Å². The largest absolute Gasteiger partial charge is 0.265 e. The highest BCUT2D eigenvalue weighted by atomic mass is 19.3. The molecule has 1 aliphatic rings. The van der Waals surface area contributed by atoms with E-state index < -0.39 is 5.92 Å². The van der Waals surface area contributed by atoms with Gasteiger partial charge < -0.3 is 0 Å². The molecule has 76 valence electrons. The molecule has 0 radical (unpaired) electrons. The van der Waals surface area contributed by atoms with E-state index in [1.54, 1.807) is 0 Å². The van der Waals surface area contributed by atoms with Gasteiger partial charge in [-0.2, -0.15) is 0 Å². The van der Waals surface area contributed by atoms with Crippen LogP contribution in [0.4, 0.5) is 8.78 Å². The van der Waals surface area contributed by atoms with Crippen LogP contribution in [0.5, 0.6) is 0 Å². The van der Waals surface area contributed by atoms with Crippen molar-refractivity contribution >= 4 is 0 Å². The first kappa shape index (κ1) is 10.3. The van der Waals surface area contributed by atoms with E-state index in [2.05, 4.69) is 0 Å². The van der Waals surface area contributed by atoms with Crippen molar-refractivity contribution in [3.05, 3.63) is 10.1 Å². The number of nitrogens with zero attached hydrogens (tertiary/aromatic N) is 1. The van der Waals surface area contributed by atoms with Gasteiger partial charge in [0.05, 0.1) is 0 Å². The van der Waals surface area contributed by atoms with Gasteiger partial charge >= 0.3 is 0 Å². The summed E-state index contributed by atoms with van der Waals surface area (Å²) in [5.74, 6) is -2.39. The fourth-order valence-corrected chi connectivity index (χ4v) is 1.68. The maximum Gasteiger partial charge on any atom is 0.248 e. The number of hydrogen-bond acceptors (Lipinski definition) is 2. The predicted octanol–water partition coefficient (Wildman–Crippen LogP) is 2.48. The average molecular weight is 193 g/mol. The summed E-state index contributed by atoms with van der Waals surface area (Å²) in [4.78, 5) is 9.64. The Morgan fingerprint density at radius 1 is 1.38 bits per heavy atom. The summed E-state index contributed by atoms with van der Waals surface area (Å²) >= 11 is 0. The van der Waals surface area contributed by atoms with Crippen LogP contribution in [0.1, 0.15) is 32.1 Å². The molecule has 1 rings (SSSR count). The van der Waals surface area contributed by atoms with Crippen LogP contribution in [-0.4, -0.2) is 17.4 Å². The summed E-state index contributed by atoms with van der Waals surface area (Å²) < 4.78 is 25.3. The van der Waals surface area contributed by atoms with E-state index in [4.69, 9.17) is 0 Å². The minimum atomic E-state index is -2.52. The average Bonchev–Trinajstić information content (AvgIpc) is 2.02. The molecule has 1 aliphatic carbocycles. The molecule has 0 aliphatic heterocycles. The first-order valence-electron chi connectivity index (χ1n) is 4.49. The van der Waals surface area contributed by atoms with Crippen molar-refractivity contribution in [1.29, 1.82) is 0 Å². The molecular weight excluding hydrogens is 180 g/mol. The van der Waals surface area contributed by atoms with Crippen molar-refractivity contribution in [3.8, 4) is 0 Å². The molecule has 3 nitrogen and oxygen atoms in total. The zero-order valence-corrected chi connectivity index (χ0v) is 7.34. The van der Waals surface area contributed by atoms with E-state index in [9.17, 15) is 18.9 Å². The third-order valence-electron chi connectivity index (χ3n) is 2.56. The van der Waals surface area contributed by atoms with Gasteiger partial charge in [-0.05, 0) is 18.8 Å². The van der Waals surface area contributed by atoms with Gasteiger partial charge in [-0.15, -0.1) is 0 Å². The van der Waals surface area contributed by atoms with E-state index in [1.165, 1.54) is 0 Å². The Morgan fingerprint density at radius 2 is 1.92 bits per heavy atom. The SMILES string of the molecule is O=[N+]([O-])CCC1CCC(F)(F)CC1. The molecule has 0 aromatic carbocycles. The van der Waals surface area contributed by atoms with Crippen molar-refractivity contribution in [3.63, 3.8) is 0 Å². The van der Waals surface area contributed by atoms with Crippen molar-refractivity contribution in [2.24, 2.45) is 5.92 Å². The van der Waals surface area contributed by atoms with E-state index in [0.717, 1.165) is 0 Å². The highest BCUT2D eigenvalue weighted by molar-refractivity contribution is 4.77. The summed E-state index contributed by atoms with van der Waals surface area (Å²) in [6.07, 6.45) is 1.11. The number of halogens is 2. The van der Waals surface area contributed by atoms with Crippen molar-refractivity contribution in [2.45, 2.75) is 38.0 Å². The zero-order chi connectivity index (χ0) is 9.90. The molecule has 0 saturated heterocycles. The Balaban J connectivity index is 2.21. The van der Waals surface area contributed by atoms with Gasteiger partial charge in [0.2, 0.25) is 12.5 Å². The molecule has 0 spiro atoms. The van der Waals surface area contributed by atoms with Crippen LogP contribution in [0.3, 0.4) is 0 Å². The van der Waals surface area contributed by atoms with Crippen LogP contribution in [0, 0.1) is 16.0 Å². The normalized spacial score (nSPS) is 22.9. The lowest BCUT2D eigenvalue weighted by Gasteiger charge is -2.27. The summed E-state index contributed by atoms with van der Waals surface area (Å²) in [5, 5.41) is 10.0. The van der Waals surface area contributed by atoms with Gasteiger partial charge in [0.1, 0.15) is 0 Å². The van der Waals surface area contributed by atoms with Gasteiger partial charge in [0, 0.05) is 24.2 Å². The molecule has 0 aromatic rings. The van der Waals surface area contributed by atoms with Gasteiger partial charge in [-0.1, -0.05) is 0 Å². The molecule has 0 amide bonds. The molecule has 0 aromatic heterocycles. The second-order valence-corrected chi connectivity index (χ2v) is 3.64. The molecule has 1 saturated carbocycles. The Bertz CT molecular complexity index is 187. The zero-order valence-electron chi connectivity index (χ0n) is 7.34. The lowest BCUT2D eigenvalue weighted by Crippen LogP contribution is -2.25. The maximum absolute atomic E-state index is 12.6. The molecule has 0 bridgehead atoms. The lowest BCUT2D eigenvalue weighted by molar-refractivity contribution is -0.481. The van der Waals surface area contributed by atoms with E-state index >= 15 is 0 Å². The van der Waals surface area contributed by atoms with Gasteiger partial charge in [-0.25, -0.2) is 8.78 Å². The topological polar surface area (TPSA) is 43.1 Å². The third kappa shape index (κ3) is 3.65. The van der Waals surface area contributed by atoms with Crippen LogP contribution < -0.4 is 0 Å². The molecule has 1 fully saturated rings. The van der Waals surface area contributed by atoms with Crippen molar-refractivity contribution in [2.75, 3.05) is 6.54 Å². The van der Waals surface area contributed by atoms with Gasteiger partial charge in [0.25, 0.3) is 0 Å². The molecule has 0 unspecified atom stereocenters. The van der Waals surface area contributed by atoms with Gasteiger partial charge in [0.15, 0.2) is 0 Å². The maximum atomic E-state index is 12.6. The first-order valence-corrected chi connectivity index (χ1v) is 4.49. The van der Waals surface area contributed by atoms with Crippen LogP contribution in [0.15, 0.2) is 0 Å². The Hall–Kier alpha value is -0.740. The standard InChI is InChI=1S/C8H13F2NO2/c9-8(10)4-1-7(2-5-8)3-6-11(12)13/h7H,1-6H2. The van der Waals surface area contributed by atoms with Gasteiger partial charge in [-0.3, -0.25) is 10.1 Å². The highest BCUT2D eigenvalue weighted by Gasteiger charge is 2.34. The van der Waals surface area contributed by atoms with Crippen LogP contribution in [0.2, 0.25) is 0 Å². The fraction of sp³-hybridized carbons (Fsp3) is 1.00. The van der Waals surface area contributed by atoms with Crippen LogP contribution in [-0.2, 0) is 0 Å². The predicted molar refractivity (Wildman–Crippen MR) is 43.4 cm³/mol. The molecular formula is C8H13F2NO2. The second-order valence-electron chi connectivity index (χ2n) is 3.64. The van der Waals surface area contributed by atoms with E-state index in [-0.39, 0.29) is 30.2 Å². The molecule has 0 N–H and O–H groups in total. The van der Waals surface area contributed by atoms with Crippen LogP contribution in [0.25, 0.3) is 0 Å². The Labute approximate surface area is 75.3 Å². The van der Waals surface area contributed by atoms with E-state index in [0.29, 0.717) is 19.3 Å². The number of rotatable bonds is 3. The monoisotopic (exact) mass is 193 g/mol. The molecule has 0 heterocycles. The Morgan fingerprint density at radius 3 is 2.38 bits per heavy atom. The fourth-order valence-electron chi connectivity index (χ4n) is 1.68. The van der Waals surface area contributed by atoms with E-state index in [1.807, 2.05) is 0 Å². The summed E-state index contributed by atoms with van der Waals surface area (Å²) in [6.45, 7) is -0.0871. The number of alkyl halides is 2. The minimum absolute atomic E-state index is 0.0871. The smallest absolute Gasteiger partial charge is 0.248 e.